The highest BCUT2D eigenvalue weighted by atomic mass is 16.5. The van der Waals surface area contributed by atoms with Crippen LogP contribution in [0.5, 0.6) is 11.5 Å². The summed E-state index contributed by atoms with van der Waals surface area (Å²) < 4.78 is 13.5. The van der Waals surface area contributed by atoms with E-state index in [1.807, 2.05) is 36.5 Å². The maximum absolute atomic E-state index is 9.76. The standard InChI is InChI=1S/C24H19N3O2/c1-14(12-25)21-22-15(10-16(28-2)11-20(22)29-3)13-27-19-7-5-4-6-17(19)18-8-9-26-23(21)24(18)27/h4-11,21H,1,13H2,2-3H3. The van der Waals surface area contributed by atoms with Crippen molar-refractivity contribution < 1.29 is 9.47 Å². The fraction of sp³-hybridized carbons (Fsp3) is 0.167. The molecule has 0 fully saturated rings. The van der Waals surface area contributed by atoms with Crippen LogP contribution in [0.1, 0.15) is 22.7 Å². The summed E-state index contributed by atoms with van der Waals surface area (Å²) in [6.07, 6.45) is 1.81. The molecule has 1 unspecified atom stereocenters. The smallest absolute Gasteiger partial charge is 0.127 e. The van der Waals surface area contributed by atoms with Crippen molar-refractivity contribution in [3.05, 3.63) is 77.6 Å². The van der Waals surface area contributed by atoms with Gasteiger partial charge in [0.15, 0.2) is 0 Å². The molecular weight excluding hydrogens is 362 g/mol. The zero-order chi connectivity index (χ0) is 20.1. The second-order valence-corrected chi connectivity index (χ2v) is 7.17. The van der Waals surface area contributed by atoms with Gasteiger partial charge in [0.2, 0.25) is 0 Å². The molecule has 0 bridgehead atoms. The second kappa shape index (κ2) is 6.39. The van der Waals surface area contributed by atoms with E-state index in [0.717, 1.165) is 33.2 Å². The number of para-hydroxylation sites is 1. The lowest BCUT2D eigenvalue weighted by molar-refractivity contribution is 0.389. The summed E-state index contributed by atoms with van der Waals surface area (Å²) in [7, 11) is 3.28. The average Bonchev–Trinajstić information content (AvgIpc) is 2.99. The zero-order valence-electron chi connectivity index (χ0n) is 16.3. The number of ether oxygens (including phenoxy) is 2. The zero-order valence-corrected chi connectivity index (χ0v) is 16.3. The van der Waals surface area contributed by atoms with Gasteiger partial charge in [-0.2, -0.15) is 5.26 Å². The molecule has 0 radical (unpaired) electrons. The maximum atomic E-state index is 9.76. The van der Waals surface area contributed by atoms with Crippen molar-refractivity contribution in [1.82, 2.24) is 9.55 Å². The summed E-state index contributed by atoms with van der Waals surface area (Å²) in [4.78, 5) is 4.74. The van der Waals surface area contributed by atoms with E-state index >= 15 is 0 Å². The summed E-state index contributed by atoms with van der Waals surface area (Å²) in [5.41, 5.74) is 5.39. The molecule has 4 aromatic rings. The van der Waals surface area contributed by atoms with Crippen LogP contribution in [-0.4, -0.2) is 23.8 Å². The van der Waals surface area contributed by atoms with E-state index in [9.17, 15) is 5.26 Å². The van der Waals surface area contributed by atoms with Crippen molar-refractivity contribution in [1.29, 1.82) is 5.26 Å². The largest absolute Gasteiger partial charge is 0.497 e. The van der Waals surface area contributed by atoms with Crippen molar-refractivity contribution in [3.8, 4) is 17.6 Å². The molecular formula is C24H19N3O2. The van der Waals surface area contributed by atoms with Crippen molar-refractivity contribution in [2.24, 2.45) is 0 Å². The van der Waals surface area contributed by atoms with Crippen molar-refractivity contribution >= 4 is 21.8 Å². The molecule has 1 atom stereocenters. The minimum absolute atomic E-state index is 0.384. The first kappa shape index (κ1) is 17.3. The Balaban J connectivity index is 1.97. The molecule has 3 heterocycles. The number of aromatic nitrogens is 2. The molecule has 0 saturated heterocycles. The Bertz CT molecular complexity index is 1340. The van der Waals surface area contributed by atoms with E-state index in [1.54, 1.807) is 14.2 Å². The normalized spacial score (nSPS) is 14.9. The molecule has 5 nitrogen and oxygen atoms in total. The van der Waals surface area contributed by atoms with E-state index in [0.29, 0.717) is 23.6 Å². The minimum atomic E-state index is -0.384. The average molecular weight is 381 g/mol. The maximum Gasteiger partial charge on any atom is 0.127 e. The van der Waals surface area contributed by atoms with Crippen LogP contribution in [-0.2, 0) is 6.54 Å². The third-order valence-corrected chi connectivity index (χ3v) is 5.75. The Morgan fingerprint density at radius 2 is 2.00 bits per heavy atom. The fourth-order valence-electron chi connectivity index (χ4n) is 4.52. The Hall–Kier alpha value is -3.78. The van der Waals surface area contributed by atoms with Crippen molar-refractivity contribution in [2.75, 3.05) is 14.2 Å². The van der Waals surface area contributed by atoms with Gasteiger partial charge in [0.05, 0.1) is 37.4 Å². The van der Waals surface area contributed by atoms with Gasteiger partial charge in [-0.05, 0) is 23.8 Å². The first-order chi connectivity index (χ1) is 14.2. The Morgan fingerprint density at radius 3 is 2.76 bits per heavy atom. The van der Waals surface area contributed by atoms with E-state index < -0.39 is 0 Å². The molecule has 5 rings (SSSR count). The number of pyridine rings is 1. The quantitative estimate of drug-likeness (QED) is 0.479. The van der Waals surface area contributed by atoms with Gasteiger partial charge in [0.25, 0.3) is 0 Å². The molecule has 0 aliphatic carbocycles. The molecule has 2 aromatic heterocycles. The number of nitrogens with zero attached hydrogens (tertiary/aromatic N) is 3. The summed E-state index contributed by atoms with van der Waals surface area (Å²) in [6.45, 7) is 4.70. The molecule has 1 aliphatic rings. The number of nitriles is 1. The van der Waals surface area contributed by atoms with E-state index in [4.69, 9.17) is 14.5 Å². The van der Waals surface area contributed by atoms with E-state index in [1.165, 1.54) is 5.39 Å². The lowest BCUT2D eigenvalue weighted by atomic mass is 9.85. The predicted octanol–water partition coefficient (Wildman–Crippen LogP) is 4.78. The Labute approximate surface area is 168 Å². The van der Waals surface area contributed by atoms with E-state index in [-0.39, 0.29) is 5.92 Å². The van der Waals surface area contributed by atoms with Gasteiger partial charge in [-0.25, -0.2) is 0 Å². The van der Waals surface area contributed by atoms with Crippen LogP contribution >= 0.6 is 0 Å². The molecule has 0 amide bonds. The first-order valence-corrected chi connectivity index (χ1v) is 9.37. The van der Waals surface area contributed by atoms with Gasteiger partial charge in [-0.1, -0.05) is 24.8 Å². The SMILES string of the molecule is C=C(C#N)C1c2c(cc(OC)cc2OC)Cn2c3ccccc3c3ccnc1c32. The molecule has 5 heteroatoms. The highest BCUT2D eigenvalue weighted by Crippen LogP contribution is 2.46. The number of methoxy groups -OCH3 is 2. The minimum Gasteiger partial charge on any atom is -0.497 e. The Kier molecular flexibility index (Phi) is 3.82. The number of hydrogen-bond donors (Lipinski definition) is 0. The predicted molar refractivity (Wildman–Crippen MR) is 112 cm³/mol. The summed E-state index contributed by atoms with van der Waals surface area (Å²) in [6, 6.07) is 16.5. The third-order valence-electron chi connectivity index (χ3n) is 5.75. The van der Waals surface area contributed by atoms with Crippen LogP contribution in [0, 0.1) is 11.3 Å². The Morgan fingerprint density at radius 1 is 1.17 bits per heavy atom. The molecule has 0 N–H and O–H groups in total. The van der Waals surface area contributed by atoms with Crippen molar-refractivity contribution in [2.45, 2.75) is 12.5 Å². The summed E-state index contributed by atoms with van der Waals surface area (Å²) in [5.74, 6) is 1.01. The van der Waals surface area contributed by atoms with Crippen LogP contribution in [0.15, 0.2) is 60.8 Å². The van der Waals surface area contributed by atoms with Gasteiger partial charge in [0, 0.05) is 46.2 Å². The lowest BCUT2D eigenvalue weighted by Crippen LogP contribution is -2.09. The summed E-state index contributed by atoms with van der Waals surface area (Å²) in [5, 5.41) is 12.1. The molecule has 29 heavy (non-hydrogen) atoms. The van der Waals surface area contributed by atoms with Crippen LogP contribution in [0.3, 0.4) is 0 Å². The molecule has 0 saturated carbocycles. The van der Waals surface area contributed by atoms with Gasteiger partial charge in [-0.3, -0.25) is 4.98 Å². The monoisotopic (exact) mass is 381 g/mol. The fourth-order valence-corrected chi connectivity index (χ4v) is 4.52. The van der Waals surface area contributed by atoms with Crippen LogP contribution in [0.4, 0.5) is 0 Å². The van der Waals surface area contributed by atoms with Crippen LogP contribution in [0.2, 0.25) is 0 Å². The van der Waals surface area contributed by atoms with Crippen LogP contribution in [0.25, 0.3) is 21.8 Å². The number of fused-ring (bicyclic) bond motifs is 4. The lowest BCUT2D eigenvalue weighted by Gasteiger charge is -2.21. The highest BCUT2D eigenvalue weighted by Gasteiger charge is 2.32. The molecule has 2 aromatic carbocycles. The van der Waals surface area contributed by atoms with Gasteiger partial charge >= 0.3 is 0 Å². The number of benzene rings is 2. The molecule has 0 spiro atoms. The van der Waals surface area contributed by atoms with E-state index in [2.05, 4.69) is 29.3 Å². The highest BCUT2D eigenvalue weighted by molar-refractivity contribution is 6.09. The van der Waals surface area contributed by atoms with Gasteiger partial charge < -0.3 is 14.0 Å². The van der Waals surface area contributed by atoms with Gasteiger partial charge in [0.1, 0.15) is 11.5 Å². The van der Waals surface area contributed by atoms with Gasteiger partial charge in [-0.15, -0.1) is 0 Å². The second-order valence-electron chi connectivity index (χ2n) is 7.17. The first-order valence-electron chi connectivity index (χ1n) is 9.37. The number of hydrogen-bond acceptors (Lipinski definition) is 4. The topological polar surface area (TPSA) is 60.1 Å². The number of allylic oxidation sites excluding steroid dienone is 1. The molecule has 1 aliphatic heterocycles. The summed E-state index contributed by atoms with van der Waals surface area (Å²) >= 11 is 0. The van der Waals surface area contributed by atoms with Crippen molar-refractivity contribution in [3.63, 3.8) is 0 Å². The van der Waals surface area contributed by atoms with Crippen LogP contribution < -0.4 is 9.47 Å². The third kappa shape index (κ3) is 2.36. The number of rotatable bonds is 3. The molecule has 142 valence electrons.